The average molecular weight is 360 g/mol. The van der Waals surface area contributed by atoms with Gasteiger partial charge in [-0.15, -0.1) is 0 Å². The van der Waals surface area contributed by atoms with Gasteiger partial charge in [-0.3, -0.25) is 14.5 Å². The number of rotatable bonds is 4. The molecule has 2 saturated heterocycles. The predicted molar refractivity (Wildman–Crippen MR) is 97.4 cm³/mol. The number of likely N-dealkylation sites (tertiary alicyclic amines) is 2. The van der Waals surface area contributed by atoms with Gasteiger partial charge in [0.15, 0.2) is 0 Å². The van der Waals surface area contributed by atoms with Crippen LogP contribution in [-0.2, 0) is 27.3 Å². The Kier molecular flexibility index (Phi) is 5.63. The van der Waals surface area contributed by atoms with Crippen molar-refractivity contribution < 1.29 is 19.4 Å². The number of methoxy groups -OCH3 is 1. The average Bonchev–Trinajstić information content (AvgIpc) is 2.63. The molecule has 0 radical (unpaired) electrons. The maximum atomic E-state index is 12.6. The van der Waals surface area contributed by atoms with Crippen molar-refractivity contribution in [3.05, 3.63) is 35.4 Å². The lowest BCUT2D eigenvalue weighted by molar-refractivity contribution is -0.154. The molecule has 1 aromatic rings. The molecule has 1 spiro atoms. The summed E-state index contributed by atoms with van der Waals surface area (Å²) in [7, 11) is 3.18. The summed E-state index contributed by atoms with van der Waals surface area (Å²) in [6, 6.07) is 8.03. The van der Waals surface area contributed by atoms with Crippen LogP contribution in [0.2, 0.25) is 0 Å². The van der Waals surface area contributed by atoms with E-state index in [1.165, 1.54) is 12.7 Å². The molecule has 142 valence electrons. The Balaban J connectivity index is 1.55. The summed E-state index contributed by atoms with van der Waals surface area (Å²) in [5, 5.41) is 10.1. The topological polar surface area (TPSA) is 70.1 Å². The second-order valence-corrected chi connectivity index (χ2v) is 7.67. The van der Waals surface area contributed by atoms with Crippen LogP contribution in [-0.4, -0.2) is 66.7 Å². The molecule has 2 aliphatic rings. The van der Waals surface area contributed by atoms with Gasteiger partial charge in [-0.1, -0.05) is 24.3 Å². The predicted octanol–water partition coefficient (Wildman–Crippen LogP) is 1.21. The molecule has 3 rings (SSSR count). The number of carbonyl (C=O) groups is 2. The molecule has 0 aromatic heterocycles. The molecule has 1 atom stereocenters. The van der Waals surface area contributed by atoms with Gasteiger partial charge < -0.3 is 14.7 Å². The Hall–Kier alpha value is -1.92. The highest BCUT2D eigenvalue weighted by Crippen LogP contribution is 2.40. The molecule has 1 aromatic carbocycles. The number of aliphatic hydroxyl groups is 1. The first-order valence-corrected chi connectivity index (χ1v) is 9.22. The fourth-order valence-electron chi connectivity index (χ4n) is 4.22. The molecule has 1 unspecified atom stereocenters. The fraction of sp³-hybridized carbons (Fsp3) is 0.600. The molecular weight excluding hydrogens is 332 g/mol. The van der Waals surface area contributed by atoms with Crippen LogP contribution in [0.3, 0.4) is 0 Å². The number of likely N-dealkylation sites (N-methyl/N-ethyl adjacent to an activating group) is 1. The summed E-state index contributed by atoms with van der Waals surface area (Å²) in [6.45, 7) is 3.00. The van der Waals surface area contributed by atoms with Crippen molar-refractivity contribution >= 4 is 11.9 Å². The number of carbonyl (C=O) groups excluding carboxylic acids is 2. The zero-order chi connectivity index (χ0) is 18.7. The summed E-state index contributed by atoms with van der Waals surface area (Å²) in [5.74, 6) is -0.0435. The Labute approximate surface area is 154 Å². The van der Waals surface area contributed by atoms with E-state index in [0.29, 0.717) is 19.4 Å². The summed E-state index contributed by atoms with van der Waals surface area (Å²) in [6.07, 6.45) is 2.07. The monoisotopic (exact) mass is 360 g/mol. The van der Waals surface area contributed by atoms with Crippen molar-refractivity contribution in [2.75, 3.05) is 33.8 Å². The van der Waals surface area contributed by atoms with Crippen LogP contribution < -0.4 is 0 Å². The second-order valence-electron chi connectivity index (χ2n) is 7.67. The highest BCUT2D eigenvalue weighted by atomic mass is 16.5. The van der Waals surface area contributed by atoms with E-state index in [2.05, 4.69) is 9.64 Å². The molecule has 0 bridgehead atoms. The molecule has 2 fully saturated rings. The number of nitrogens with zero attached hydrogens (tertiary/aromatic N) is 2. The number of piperidine rings is 2. The molecule has 0 saturated carbocycles. The normalized spacial score (nSPS) is 23.3. The van der Waals surface area contributed by atoms with Gasteiger partial charge >= 0.3 is 5.97 Å². The van der Waals surface area contributed by atoms with Gasteiger partial charge in [-0.25, -0.2) is 0 Å². The number of hydrogen-bond acceptors (Lipinski definition) is 5. The summed E-state index contributed by atoms with van der Waals surface area (Å²) < 4.78 is 4.69. The third-order valence-corrected chi connectivity index (χ3v) is 5.73. The van der Waals surface area contributed by atoms with E-state index in [1.807, 2.05) is 24.3 Å². The highest BCUT2D eigenvalue weighted by Gasteiger charge is 2.47. The zero-order valence-corrected chi connectivity index (χ0v) is 15.6. The van der Waals surface area contributed by atoms with Gasteiger partial charge in [0, 0.05) is 20.1 Å². The third kappa shape index (κ3) is 4.07. The molecule has 2 aliphatic heterocycles. The van der Waals surface area contributed by atoms with Crippen LogP contribution in [0, 0.1) is 5.41 Å². The van der Waals surface area contributed by atoms with E-state index in [-0.39, 0.29) is 17.3 Å². The number of ether oxygens (including phenoxy) is 1. The highest BCUT2D eigenvalue weighted by molar-refractivity contribution is 5.83. The van der Waals surface area contributed by atoms with Crippen LogP contribution in [0.25, 0.3) is 0 Å². The van der Waals surface area contributed by atoms with Crippen molar-refractivity contribution in [1.29, 1.82) is 0 Å². The van der Waals surface area contributed by atoms with Gasteiger partial charge in [0.2, 0.25) is 5.91 Å². The van der Waals surface area contributed by atoms with E-state index in [9.17, 15) is 14.7 Å². The van der Waals surface area contributed by atoms with Crippen molar-refractivity contribution in [3.8, 4) is 0 Å². The van der Waals surface area contributed by atoms with Crippen LogP contribution in [0.4, 0.5) is 0 Å². The third-order valence-electron chi connectivity index (χ3n) is 5.73. The molecular formula is C20H28N2O4. The zero-order valence-electron chi connectivity index (χ0n) is 15.6. The minimum atomic E-state index is -0.411. The first kappa shape index (κ1) is 18.9. The smallest absolute Gasteiger partial charge is 0.309 e. The molecule has 2 heterocycles. The minimum Gasteiger partial charge on any atom is -0.469 e. The second kappa shape index (κ2) is 7.76. The van der Waals surface area contributed by atoms with Gasteiger partial charge in [0.25, 0.3) is 0 Å². The summed E-state index contributed by atoms with van der Waals surface area (Å²) in [5.41, 5.74) is 1.76. The number of benzene rings is 1. The van der Waals surface area contributed by atoms with E-state index in [4.69, 9.17) is 0 Å². The minimum absolute atomic E-state index is 0.189. The number of amides is 1. The number of esters is 1. The van der Waals surface area contributed by atoms with Crippen LogP contribution in [0.15, 0.2) is 24.3 Å². The summed E-state index contributed by atoms with van der Waals surface area (Å²) >= 11 is 0. The Morgan fingerprint density at radius 2 is 1.85 bits per heavy atom. The number of aliphatic hydroxyl groups excluding tert-OH is 1. The lowest BCUT2D eigenvalue weighted by atomic mass is 9.71. The molecule has 6 heteroatoms. The lowest BCUT2D eigenvalue weighted by Gasteiger charge is -2.47. The van der Waals surface area contributed by atoms with Gasteiger partial charge in [0.1, 0.15) is 0 Å². The first-order chi connectivity index (χ1) is 12.4. The Bertz CT molecular complexity index is 650. The maximum Gasteiger partial charge on any atom is 0.309 e. The number of hydrogen-bond donors (Lipinski definition) is 1. The Morgan fingerprint density at radius 1 is 1.23 bits per heavy atom. The van der Waals surface area contributed by atoms with E-state index >= 15 is 0 Å². The first-order valence-electron chi connectivity index (χ1n) is 9.22. The van der Waals surface area contributed by atoms with E-state index < -0.39 is 6.10 Å². The molecule has 26 heavy (non-hydrogen) atoms. The van der Waals surface area contributed by atoms with Crippen molar-refractivity contribution in [1.82, 2.24) is 9.80 Å². The van der Waals surface area contributed by atoms with Crippen LogP contribution >= 0.6 is 0 Å². The van der Waals surface area contributed by atoms with E-state index in [0.717, 1.165) is 38.0 Å². The van der Waals surface area contributed by atoms with Gasteiger partial charge in [-0.05, 0) is 43.5 Å². The maximum absolute atomic E-state index is 12.6. The van der Waals surface area contributed by atoms with Crippen molar-refractivity contribution in [3.63, 3.8) is 0 Å². The molecule has 1 N–H and O–H groups in total. The molecule has 6 nitrogen and oxygen atoms in total. The van der Waals surface area contributed by atoms with Gasteiger partial charge in [-0.2, -0.15) is 0 Å². The summed E-state index contributed by atoms with van der Waals surface area (Å²) in [4.78, 5) is 28.0. The Morgan fingerprint density at radius 3 is 2.46 bits per heavy atom. The standard InChI is InChI=1S/C20H28N2O4/c1-21-14-17(23)12-20(19(21)25)7-9-22(10-8-20)13-16-5-3-15(4-6-16)11-18(24)26-2/h3-6,17,23H,7-14H2,1-2H3. The SMILES string of the molecule is COC(=O)Cc1ccc(CN2CCC3(CC2)CC(O)CN(C)C3=O)cc1. The molecule has 0 aliphatic carbocycles. The van der Waals surface area contributed by atoms with Crippen molar-refractivity contribution in [2.24, 2.45) is 5.41 Å². The largest absolute Gasteiger partial charge is 0.469 e. The van der Waals surface area contributed by atoms with Crippen LogP contribution in [0.5, 0.6) is 0 Å². The molecule has 1 amide bonds. The van der Waals surface area contributed by atoms with Crippen molar-refractivity contribution in [2.45, 2.75) is 38.3 Å². The van der Waals surface area contributed by atoms with Crippen LogP contribution in [0.1, 0.15) is 30.4 Å². The van der Waals surface area contributed by atoms with Gasteiger partial charge in [0.05, 0.1) is 25.0 Å². The fourth-order valence-corrected chi connectivity index (χ4v) is 4.22. The lowest BCUT2D eigenvalue weighted by Crippen LogP contribution is -2.56. The quantitative estimate of drug-likeness (QED) is 0.818. The number of β-amino-alcohol motifs (C(OH)–C–C–N with tert-alkyl or cyclic N) is 1. The van der Waals surface area contributed by atoms with E-state index in [1.54, 1.807) is 11.9 Å².